The summed E-state index contributed by atoms with van der Waals surface area (Å²) in [4.78, 5) is 39.2. The second-order valence-electron chi connectivity index (χ2n) is 8.74. The van der Waals surface area contributed by atoms with Gasteiger partial charge in [0, 0.05) is 7.11 Å². The summed E-state index contributed by atoms with van der Waals surface area (Å²) in [6, 6.07) is 12.2. The maximum Gasteiger partial charge on any atom is 0.331 e. The summed E-state index contributed by atoms with van der Waals surface area (Å²) in [6.07, 6.45) is 4.87. The zero-order chi connectivity index (χ0) is 28.5. The molecule has 210 valence electrons. The standard InChI is InChI=1S/C30H38N2O7/c1-5-7-11-17-38-27-18-22(3)14-15-24(27)28(33)31-25(20-36-4)29(34)32-26(21-37-16-6-2)30(35)39-19-23-12-9-8-10-13-23/h5-6,8-10,12-15,18,25-26H,1-2,7,11,16-17,19-21H2,3-4H3,(H,31,33)(H,32,34)/t25-,26-/m0/s1. The number of hydrogen-bond donors (Lipinski definition) is 2. The number of nitrogens with one attached hydrogen (secondary N) is 2. The fraction of sp³-hybridized carbons (Fsp3) is 0.367. The summed E-state index contributed by atoms with van der Waals surface area (Å²) in [5.74, 6) is -1.41. The summed E-state index contributed by atoms with van der Waals surface area (Å²) in [5.41, 5.74) is 2.00. The van der Waals surface area contributed by atoms with Crippen LogP contribution in [-0.4, -0.2) is 63.4 Å². The van der Waals surface area contributed by atoms with Crippen LogP contribution >= 0.6 is 0 Å². The molecule has 0 aromatic heterocycles. The molecular weight excluding hydrogens is 500 g/mol. The number of hydrogen-bond acceptors (Lipinski definition) is 7. The molecule has 2 aromatic carbocycles. The van der Waals surface area contributed by atoms with Crippen molar-refractivity contribution >= 4 is 17.8 Å². The summed E-state index contributed by atoms with van der Waals surface area (Å²) in [5, 5.41) is 5.30. The Kier molecular flexibility index (Phi) is 14.1. The lowest BCUT2D eigenvalue weighted by Crippen LogP contribution is -2.54. The average Bonchev–Trinajstić information content (AvgIpc) is 2.93. The number of benzene rings is 2. The topological polar surface area (TPSA) is 112 Å². The van der Waals surface area contributed by atoms with Crippen LogP contribution in [0, 0.1) is 6.92 Å². The molecule has 2 rings (SSSR count). The highest BCUT2D eigenvalue weighted by Gasteiger charge is 2.29. The summed E-state index contributed by atoms with van der Waals surface area (Å²) in [7, 11) is 1.41. The van der Waals surface area contributed by atoms with Crippen LogP contribution in [-0.2, 0) is 30.4 Å². The Morgan fingerprint density at radius 3 is 2.44 bits per heavy atom. The van der Waals surface area contributed by atoms with Crippen molar-refractivity contribution < 1.29 is 33.3 Å². The van der Waals surface area contributed by atoms with Crippen molar-refractivity contribution in [3.8, 4) is 5.75 Å². The third-order valence-electron chi connectivity index (χ3n) is 5.49. The van der Waals surface area contributed by atoms with Crippen molar-refractivity contribution in [2.45, 2.75) is 38.5 Å². The molecule has 2 aromatic rings. The van der Waals surface area contributed by atoms with E-state index in [-0.39, 0.29) is 32.0 Å². The highest BCUT2D eigenvalue weighted by Crippen LogP contribution is 2.21. The number of methoxy groups -OCH3 is 1. The lowest BCUT2D eigenvalue weighted by molar-refractivity contribution is -0.151. The maximum absolute atomic E-state index is 13.2. The molecule has 0 aliphatic heterocycles. The largest absolute Gasteiger partial charge is 0.493 e. The zero-order valence-electron chi connectivity index (χ0n) is 22.6. The van der Waals surface area contributed by atoms with E-state index in [2.05, 4.69) is 23.8 Å². The highest BCUT2D eigenvalue weighted by atomic mass is 16.5. The van der Waals surface area contributed by atoms with Crippen molar-refractivity contribution in [2.24, 2.45) is 0 Å². The number of allylic oxidation sites excluding steroid dienone is 1. The van der Waals surface area contributed by atoms with Crippen molar-refractivity contribution in [1.29, 1.82) is 0 Å². The predicted octanol–water partition coefficient (Wildman–Crippen LogP) is 3.52. The quantitative estimate of drug-likeness (QED) is 0.170. The Bertz CT molecular complexity index is 1090. The van der Waals surface area contributed by atoms with Gasteiger partial charge in [-0.3, -0.25) is 9.59 Å². The van der Waals surface area contributed by atoms with Gasteiger partial charge in [0.15, 0.2) is 6.04 Å². The first-order valence-corrected chi connectivity index (χ1v) is 12.7. The van der Waals surface area contributed by atoms with Gasteiger partial charge in [0.25, 0.3) is 5.91 Å². The highest BCUT2D eigenvalue weighted by molar-refractivity contribution is 6.00. The van der Waals surface area contributed by atoms with Gasteiger partial charge in [-0.05, 0) is 43.0 Å². The van der Waals surface area contributed by atoms with Crippen molar-refractivity contribution in [1.82, 2.24) is 10.6 Å². The molecule has 0 unspecified atom stereocenters. The molecule has 2 N–H and O–H groups in total. The first-order valence-electron chi connectivity index (χ1n) is 12.7. The van der Waals surface area contributed by atoms with E-state index in [4.69, 9.17) is 18.9 Å². The number of aryl methyl sites for hydroxylation is 1. The number of unbranched alkanes of at least 4 members (excludes halogenated alkanes) is 1. The van der Waals surface area contributed by atoms with Crippen LogP contribution in [0.2, 0.25) is 0 Å². The maximum atomic E-state index is 13.2. The lowest BCUT2D eigenvalue weighted by Gasteiger charge is -2.23. The number of rotatable bonds is 18. The Morgan fingerprint density at radius 1 is 0.974 bits per heavy atom. The summed E-state index contributed by atoms with van der Waals surface area (Å²) in [6.45, 7) is 9.54. The Morgan fingerprint density at radius 2 is 1.74 bits per heavy atom. The third kappa shape index (κ3) is 11.1. The number of amides is 2. The molecule has 0 saturated heterocycles. The van der Waals surface area contributed by atoms with Crippen LogP contribution in [0.25, 0.3) is 0 Å². The van der Waals surface area contributed by atoms with E-state index in [0.29, 0.717) is 12.4 Å². The minimum absolute atomic E-state index is 0.0364. The van der Waals surface area contributed by atoms with Gasteiger partial charge in [0.05, 0.1) is 32.0 Å². The normalized spacial score (nSPS) is 12.1. The van der Waals surface area contributed by atoms with E-state index in [9.17, 15) is 14.4 Å². The SMILES string of the molecule is C=CCCCOc1cc(C)ccc1C(=O)N[C@@H](COC)C(=O)N[C@@H](COCC=C)C(=O)OCc1ccccc1. The zero-order valence-corrected chi connectivity index (χ0v) is 22.6. The van der Waals surface area contributed by atoms with Gasteiger partial charge in [-0.1, -0.05) is 48.6 Å². The van der Waals surface area contributed by atoms with Crippen LogP contribution in [0.15, 0.2) is 73.8 Å². The van der Waals surface area contributed by atoms with Gasteiger partial charge >= 0.3 is 5.97 Å². The molecular formula is C30H38N2O7. The van der Waals surface area contributed by atoms with Gasteiger partial charge in [-0.15, -0.1) is 13.2 Å². The minimum atomic E-state index is -1.11. The molecule has 0 saturated carbocycles. The number of carbonyl (C=O) groups excluding carboxylic acids is 3. The monoisotopic (exact) mass is 538 g/mol. The van der Waals surface area contributed by atoms with Gasteiger partial charge in [-0.25, -0.2) is 4.79 Å². The second kappa shape index (κ2) is 17.5. The molecule has 0 fully saturated rings. The fourth-order valence-corrected chi connectivity index (χ4v) is 3.47. The smallest absolute Gasteiger partial charge is 0.331 e. The molecule has 0 heterocycles. The Balaban J connectivity index is 2.11. The van der Waals surface area contributed by atoms with E-state index in [1.54, 1.807) is 24.3 Å². The van der Waals surface area contributed by atoms with E-state index in [0.717, 1.165) is 24.0 Å². The van der Waals surface area contributed by atoms with E-state index in [1.807, 2.05) is 37.3 Å². The van der Waals surface area contributed by atoms with Gasteiger partial charge in [0.1, 0.15) is 18.4 Å². The average molecular weight is 539 g/mol. The number of carbonyl (C=O) groups is 3. The van der Waals surface area contributed by atoms with Crippen LogP contribution in [0.4, 0.5) is 0 Å². The Labute approximate surface area is 230 Å². The predicted molar refractivity (Wildman–Crippen MR) is 148 cm³/mol. The van der Waals surface area contributed by atoms with Gasteiger partial charge in [0.2, 0.25) is 5.91 Å². The van der Waals surface area contributed by atoms with Crippen LogP contribution < -0.4 is 15.4 Å². The molecule has 0 aliphatic carbocycles. The Hall–Kier alpha value is -3.95. The first-order chi connectivity index (χ1) is 18.9. The summed E-state index contributed by atoms with van der Waals surface area (Å²) >= 11 is 0. The lowest BCUT2D eigenvalue weighted by atomic mass is 10.1. The minimum Gasteiger partial charge on any atom is -0.493 e. The number of esters is 1. The van der Waals surface area contributed by atoms with Crippen molar-refractivity contribution in [2.75, 3.05) is 33.5 Å². The third-order valence-corrected chi connectivity index (χ3v) is 5.49. The van der Waals surface area contributed by atoms with Gasteiger partial charge in [-0.2, -0.15) is 0 Å². The second-order valence-corrected chi connectivity index (χ2v) is 8.74. The van der Waals surface area contributed by atoms with E-state index < -0.39 is 29.9 Å². The fourth-order valence-electron chi connectivity index (χ4n) is 3.47. The van der Waals surface area contributed by atoms with Crippen LogP contribution in [0.3, 0.4) is 0 Å². The van der Waals surface area contributed by atoms with Crippen LogP contribution in [0.1, 0.15) is 34.3 Å². The molecule has 39 heavy (non-hydrogen) atoms. The first kappa shape index (κ1) is 31.3. The molecule has 0 aliphatic rings. The van der Waals surface area contributed by atoms with E-state index in [1.165, 1.54) is 13.2 Å². The summed E-state index contributed by atoms with van der Waals surface area (Å²) < 4.78 is 21.8. The van der Waals surface area contributed by atoms with Crippen molar-refractivity contribution in [3.05, 3.63) is 90.5 Å². The molecule has 0 bridgehead atoms. The van der Waals surface area contributed by atoms with Crippen molar-refractivity contribution in [3.63, 3.8) is 0 Å². The molecule has 9 nitrogen and oxygen atoms in total. The molecule has 2 atom stereocenters. The number of ether oxygens (including phenoxy) is 4. The van der Waals surface area contributed by atoms with E-state index >= 15 is 0 Å². The molecule has 0 spiro atoms. The molecule has 0 radical (unpaired) electrons. The van der Waals surface area contributed by atoms with Crippen LogP contribution in [0.5, 0.6) is 5.75 Å². The molecule has 2 amide bonds. The van der Waals surface area contributed by atoms with Gasteiger partial charge < -0.3 is 29.6 Å². The molecule has 9 heteroatoms.